The summed E-state index contributed by atoms with van der Waals surface area (Å²) in [6, 6.07) is 8.86. The second kappa shape index (κ2) is 9.31. The highest BCUT2D eigenvalue weighted by Gasteiger charge is 2.28. The Bertz CT molecular complexity index is 1040. The Morgan fingerprint density at radius 1 is 1.17 bits per heavy atom. The number of hydrogen-bond acceptors (Lipinski definition) is 4. The Hall–Kier alpha value is -2.85. The first-order valence-electron chi connectivity index (χ1n) is 8.75. The summed E-state index contributed by atoms with van der Waals surface area (Å²) in [4.78, 5) is 12.1. The lowest BCUT2D eigenvalue weighted by atomic mass is 10.1. The second-order valence-electron chi connectivity index (χ2n) is 6.14. The minimum absolute atomic E-state index is 0.00777. The second-order valence-corrected chi connectivity index (χ2v) is 6.55. The monoisotopic (exact) mass is 445 g/mol. The molecule has 0 bridgehead atoms. The third-order valence-corrected chi connectivity index (χ3v) is 4.25. The van der Waals surface area contributed by atoms with Crippen LogP contribution in [0, 0.1) is 5.82 Å². The van der Waals surface area contributed by atoms with Crippen LogP contribution in [0.4, 0.5) is 17.6 Å². The topological polar surface area (TPSA) is 65.4 Å². The molecule has 30 heavy (non-hydrogen) atoms. The highest BCUT2D eigenvalue weighted by atomic mass is 35.5. The maximum absolute atomic E-state index is 13.4. The van der Waals surface area contributed by atoms with Crippen LogP contribution in [0.3, 0.4) is 0 Å². The van der Waals surface area contributed by atoms with E-state index in [4.69, 9.17) is 16.3 Å². The van der Waals surface area contributed by atoms with Crippen molar-refractivity contribution in [1.29, 1.82) is 0 Å². The van der Waals surface area contributed by atoms with Crippen LogP contribution in [0.25, 0.3) is 10.9 Å². The van der Waals surface area contributed by atoms with Crippen molar-refractivity contribution in [3.05, 3.63) is 59.0 Å². The van der Waals surface area contributed by atoms with Crippen LogP contribution in [-0.4, -0.2) is 41.8 Å². The first kappa shape index (κ1) is 21.8. The van der Waals surface area contributed by atoms with Gasteiger partial charge in [0.25, 0.3) is 5.91 Å². The number of aromatic nitrogens is 2. The van der Waals surface area contributed by atoms with E-state index in [9.17, 15) is 22.4 Å². The average molecular weight is 446 g/mol. The van der Waals surface area contributed by atoms with E-state index in [-0.39, 0.29) is 23.7 Å². The summed E-state index contributed by atoms with van der Waals surface area (Å²) in [5, 5.41) is 7.38. The third kappa shape index (κ3) is 6.07. The number of nitrogens with one attached hydrogen (secondary N) is 1. The van der Waals surface area contributed by atoms with Gasteiger partial charge in [0.05, 0.1) is 23.7 Å². The van der Waals surface area contributed by atoms with Gasteiger partial charge < -0.3 is 10.1 Å². The van der Waals surface area contributed by atoms with Gasteiger partial charge in [-0.1, -0.05) is 11.6 Å². The van der Waals surface area contributed by atoms with Gasteiger partial charge in [-0.3, -0.25) is 14.2 Å². The molecule has 3 aromatic rings. The van der Waals surface area contributed by atoms with Gasteiger partial charge in [0.15, 0.2) is 0 Å². The molecule has 0 saturated carbocycles. The molecule has 0 fully saturated rings. The highest BCUT2D eigenvalue weighted by molar-refractivity contribution is 6.30. The van der Waals surface area contributed by atoms with E-state index in [1.54, 1.807) is 29.1 Å². The van der Waals surface area contributed by atoms with Crippen molar-refractivity contribution in [2.75, 3.05) is 19.8 Å². The number of nitrogens with zero attached hydrogens (tertiary/aromatic N) is 2. The van der Waals surface area contributed by atoms with Crippen LogP contribution < -0.4 is 10.1 Å². The molecule has 1 N–H and O–H groups in total. The molecule has 1 amide bonds. The number of ether oxygens (including phenoxy) is 2. The lowest BCUT2D eigenvalue weighted by Crippen LogP contribution is -2.29. The van der Waals surface area contributed by atoms with Gasteiger partial charge in [-0.05, 0) is 30.3 Å². The number of rotatable bonds is 8. The molecule has 2 aromatic carbocycles. The van der Waals surface area contributed by atoms with Gasteiger partial charge in [-0.25, -0.2) is 4.39 Å². The van der Waals surface area contributed by atoms with Gasteiger partial charge in [0, 0.05) is 29.8 Å². The van der Waals surface area contributed by atoms with E-state index in [1.165, 1.54) is 18.2 Å². The number of benzene rings is 2. The quantitative estimate of drug-likeness (QED) is 0.417. The molecule has 0 aliphatic carbocycles. The van der Waals surface area contributed by atoms with E-state index in [0.717, 1.165) is 0 Å². The summed E-state index contributed by atoms with van der Waals surface area (Å²) >= 11 is 5.62. The molecule has 0 unspecified atom stereocenters. The Morgan fingerprint density at radius 2 is 1.97 bits per heavy atom. The van der Waals surface area contributed by atoms with Crippen molar-refractivity contribution < 1.29 is 31.8 Å². The first-order chi connectivity index (χ1) is 14.2. The zero-order chi connectivity index (χ0) is 21.7. The maximum Gasteiger partial charge on any atom is 0.522 e. The normalized spacial score (nSPS) is 11.6. The molecule has 0 spiro atoms. The fourth-order valence-corrected chi connectivity index (χ4v) is 2.71. The zero-order valence-electron chi connectivity index (χ0n) is 15.4. The van der Waals surface area contributed by atoms with Crippen molar-refractivity contribution in [3.8, 4) is 5.75 Å². The van der Waals surface area contributed by atoms with Gasteiger partial charge in [-0.15, -0.1) is 13.2 Å². The van der Waals surface area contributed by atoms with Crippen molar-refractivity contribution in [2.24, 2.45) is 0 Å². The number of alkyl halides is 3. The predicted octanol–water partition coefficient (Wildman–Crippen LogP) is 4.17. The minimum atomic E-state index is -4.73. The third-order valence-electron chi connectivity index (χ3n) is 3.95. The van der Waals surface area contributed by atoms with Crippen LogP contribution in [0.2, 0.25) is 5.02 Å². The molecule has 11 heteroatoms. The van der Waals surface area contributed by atoms with Crippen molar-refractivity contribution in [1.82, 2.24) is 15.1 Å². The Labute approximate surface area is 173 Å². The molecule has 160 valence electrons. The van der Waals surface area contributed by atoms with Crippen molar-refractivity contribution in [3.63, 3.8) is 0 Å². The molecule has 3 rings (SSSR count). The zero-order valence-corrected chi connectivity index (χ0v) is 16.1. The average Bonchev–Trinajstić information content (AvgIpc) is 3.09. The van der Waals surface area contributed by atoms with Gasteiger partial charge in [-0.2, -0.15) is 5.10 Å². The molecule has 0 atom stereocenters. The Kier molecular flexibility index (Phi) is 6.78. The SMILES string of the molecule is O=C(NCCOC(F)(F)F)c1ccc2nn(CCOc3ccc(Cl)c(F)c3)cc2c1. The molecule has 0 radical (unpaired) electrons. The summed E-state index contributed by atoms with van der Waals surface area (Å²) in [6.07, 6.45) is -3.03. The summed E-state index contributed by atoms with van der Waals surface area (Å²) < 4.78 is 59.9. The summed E-state index contributed by atoms with van der Waals surface area (Å²) in [7, 11) is 0. The van der Waals surface area contributed by atoms with Crippen LogP contribution in [-0.2, 0) is 11.3 Å². The molecule has 0 aliphatic rings. The van der Waals surface area contributed by atoms with E-state index in [2.05, 4.69) is 15.2 Å². The molecule has 0 aliphatic heterocycles. The standard InChI is InChI=1S/C19H16ClF4N3O3/c20-15-3-2-14(10-16(15)21)29-8-6-27-11-13-9-12(1-4-17(13)26-27)18(28)25-5-7-30-19(22,23)24/h1-4,9-11H,5-8H2,(H,25,28). The predicted molar refractivity (Wildman–Crippen MR) is 101 cm³/mol. The molecule has 1 aromatic heterocycles. The fourth-order valence-electron chi connectivity index (χ4n) is 2.59. The summed E-state index contributed by atoms with van der Waals surface area (Å²) in [6.45, 7) is -0.359. The van der Waals surface area contributed by atoms with Crippen LogP contribution in [0.1, 0.15) is 10.4 Å². The molecular weight excluding hydrogens is 430 g/mol. The number of fused-ring (bicyclic) bond motifs is 1. The largest absolute Gasteiger partial charge is 0.522 e. The van der Waals surface area contributed by atoms with Gasteiger partial charge >= 0.3 is 6.36 Å². The highest BCUT2D eigenvalue weighted by Crippen LogP contribution is 2.20. The lowest BCUT2D eigenvalue weighted by Gasteiger charge is -2.08. The van der Waals surface area contributed by atoms with Gasteiger partial charge in [0.1, 0.15) is 18.2 Å². The summed E-state index contributed by atoms with van der Waals surface area (Å²) in [5.41, 5.74) is 0.909. The van der Waals surface area contributed by atoms with Crippen LogP contribution in [0.15, 0.2) is 42.6 Å². The number of hydrogen-bond donors (Lipinski definition) is 1. The molecule has 0 saturated heterocycles. The number of carbonyl (C=O) groups is 1. The minimum Gasteiger partial charge on any atom is -0.492 e. The maximum atomic E-state index is 13.4. The van der Waals surface area contributed by atoms with Crippen molar-refractivity contribution >= 4 is 28.4 Å². The smallest absolute Gasteiger partial charge is 0.492 e. The first-order valence-corrected chi connectivity index (χ1v) is 9.13. The number of amides is 1. The fraction of sp³-hybridized carbons (Fsp3) is 0.263. The van der Waals surface area contributed by atoms with E-state index in [0.29, 0.717) is 23.2 Å². The molecule has 1 heterocycles. The number of carbonyl (C=O) groups excluding carboxylic acids is 1. The van der Waals surface area contributed by atoms with Crippen LogP contribution in [0.5, 0.6) is 5.75 Å². The Balaban J connectivity index is 1.54. The Morgan fingerprint density at radius 3 is 2.70 bits per heavy atom. The molecular formula is C19H16ClF4N3O3. The lowest BCUT2D eigenvalue weighted by molar-refractivity contribution is -0.323. The van der Waals surface area contributed by atoms with E-state index < -0.39 is 24.7 Å². The number of halogens is 5. The molecule has 6 nitrogen and oxygen atoms in total. The van der Waals surface area contributed by atoms with Crippen molar-refractivity contribution in [2.45, 2.75) is 12.9 Å². The van der Waals surface area contributed by atoms with Crippen LogP contribution >= 0.6 is 11.6 Å². The van der Waals surface area contributed by atoms with Gasteiger partial charge in [0.2, 0.25) is 0 Å². The summed E-state index contributed by atoms with van der Waals surface area (Å²) in [5.74, 6) is -0.764. The van der Waals surface area contributed by atoms with E-state index >= 15 is 0 Å². The van der Waals surface area contributed by atoms with E-state index in [1.807, 2.05) is 0 Å².